The second-order valence-corrected chi connectivity index (χ2v) is 7.61. The Labute approximate surface area is 176 Å². The molecule has 3 aromatic rings. The minimum Gasteiger partial charge on any atom is -0.477 e. The summed E-state index contributed by atoms with van der Waals surface area (Å²) in [5, 5.41) is 12.9. The maximum absolute atomic E-state index is 12.9. The first-order valence-electron chi connectivity index (χ1n) is 10.4. The molecule has 0 saturated heterocycles. The number of hydrogen-bond acceptors (Lipinski definition) is 4. The molecule has 6 heteroatoms. The molecule has 0 saturated carbocycles. The van der Waals surface area contributed by atoms with Gasteiger partial charge in [-0.15, -0.1) is 0 Å². The van der Waals surface area contributed by atoms with Crippen LogP contribution < -0.4 is 15.0 Å². The number of benzene rings is 1. The predicted octanol–water partition coefficient (Wildman–Crippen LogP) is 3.88. The summed E-state index contributed by atoms with van der Waals surface area (Å²) < 4.78 is 8.01. The van der Waals surface area contributed by atoms with Gasteiger partial charge in [0.05, 0.1) is 23.3 Å². The van der Waals surface area contributed by atoms with Gasteiger partial charge in [0.15, 0.2) is 6.10 Å². The van der Waals surface area contributed by atoms with E-state index >= 15 is 0 Å². The van der Waals surface area contributed by atoms with Crippen LogP contribution in [0.5, 0.6) is 5.75 Å². The van der Waals surface area contributed by atoms with Crippen LogP contribution in [0, 0.1) is 11.3 Å². The Morgan fingerprint density at radius 3 is 2.77 bits per heavy atom. The van der Waals surface area contributed by atoms with Gasteiger partial charge in [0, 0.05) is 30.5 Å². The van der Waals surface area contributed by atoms with Crippen molar-refractivity contribution in [2.45, 2.75) is 45.4 Å². The summed E-state index contributed by atoms with van der Waals surface area (Å²) in [5.41, 5.74) is 3.42. The molecule has 2 aromatic heterocycles. The van der Waals surface area contributed by atoms with Crippen LogP contribution in [-0.2, 0) is 11.3 Å². The molecular weight excluding hydrogens is 376 g/mol. The van der Waals surface area contributed by atoms with Crippen molar-refractivity contribution in [1.29, 1.82) is 5.26 Å². The number of carbonyl (C=O) groups excluding carboxylic acids is 1. The Balaban J connectivity index is 1.64. The molecule has 1 amide bonds. The SMILES string of the molecule is CCC(CC)NC(=O)C1CN(Cc2cn3ccccc3c2C#N)c2ccccc2O1. The molecule has 6 nitrogen and oxygen atoms in total. The second-order valence-electron chi connectivity index (χ2n) is 7.61. The number of anilines is 1. The normalized spacial score (nSPS) is 15.5. The quantitative estimate of drug-likeness (QED) is 0.679. The van der Waals surface area contributed by atoms with Gasteiger partial charge >= 0.3 is 0 Å². The molecule has 1 unspecified atom stereocenters. The minimum atomic E-state index is -0.594. The van der Waals surface area contributed by atoms with Gasteiger partial charge in [-0.05, 0) is 37.1 Å². The number of pyridine rings is 1. The van der Waals surface area contributed by atoms with E-state index in [9.17, 15) is 10.1 Å². The Kier molecular flexibility index (Phi) is 5.62. The topological polar surface area (TPSA) is 69.8 Å². The van der Waals surface area contributed by atoms with Gasteiger partial charge in [-0.1, -0.05) is 32.0 Å². The molecule has 1 N–H and O–H groups in total. The number of nitriles is 1. The van der Waals surface area contributed by atoms with Crippen LogP contribution in [0.1, 0.15) is 37.8 Å². The number of carbonyl (C=O) groups is 1. The van der Waals surface area contributed by atoms with Crippen LogP contribution >= 0.6 is 0 Å². The molecule has 1 aromatic carbocycles. The number of nitrogens with one attached hydrogen (secondary N) is 1. The standard InChI is InChI=1S/C24H26N4O2/c1-3-18(4-2)26-24(29)23-16-28(21-10-5-6-11-22(21)30-23)15-17-14-27-12-8-7-9-20(27)19(17)13-25/h5-12,14,18,23H,3-4,15-16H2,1-2H3,(H,26,29). The van der Waals surface area contributed by atoms with Gasteiger partial charge < -0.3 is 19.4 Å². The van der Waals surface area contributed by atoms with Crippen molar-refractivity contribution in [2.24, 2.45) is 0 Å². The molecule has 0 bridgehead atoms. The smallest absolute Gasteiger partial charge is 0.263 e. The summed E-state index contributed by atoms with van der Waals surface area (Å²) in [6.45, 7) is 5.09. The second kappa shape index (κ2) is 8.50. The molecule has 0 spiro atoms. The van der Waals surface area contributed by atoms with E-state index in [1.165, 1.54) is 0 Å². The molecule has 1 aliphatic rings. The number of amides is 1. The predicted molar refractivity (Wildman–Crippen MR) is 117 cm³/mol. The first-order chi connectivity index (χ1) is 14.6. The lowest BCUT2D eigenvalue weighted by atomic mass is 10.1. The van der Waals surface area contributed by atoms with Crippen molar-refractivity contribution in [3.63, 3.8) is 0 Å². The number of aromatic nitrogens is 1. The Bertz CT molecular complexity index is 1090. The first kappa shape index (κ1) is 19.8. The molecule has 30 heavy (non-hydrogen) atoms. The van der Waals surface area contributed by atoms with Crippen LogP contribution in [-0.4, -0.2) is 29.0 Å². The van der Waals surface area contributed by atoms with Crippen LogP contribution in [0.4, 0.5) is 5.69 Å². The van der Waals surface area contributed by atoms with Gasteiger partial charge in [-0.3, -0.25) is 4.79 Å². The molecule has 1 aliphatic heterocycles. The highest BCUT2D eigenvalue weighted by molar-refractivity contribution is 5.83. The average molecular weight is 402 g/mol. The van der Waals surface area contributed by atoms with E-state index in [0.29, 0.717) is 24.4 Å². The zero-order valence-electron chi connectivity index (χ0n) is 17.3. The molecule has 1 atom stereocenters. The van der Waals surface area contributed by atoms with E-state index in [1.807, 2.05) is 59.3 Å². The van der Waals surface area contributed by atoms with E-state index < -0.39 is 6.10 Å². The molecule has 0 radical (unpaired) electrons. The number of ether oxygens (including phenoxy) is 1. The molecule has 4 rings (SSSR count). The van der Waals surface area contributed by atoms with Gasteiger partial charge in [0.25, 0.3) is 5.91 Å². The van der Waals surface area contributed by atoms with Crippen LogP contribution in [0.25, 0.3) is 5.52 Å². The molecule has 0 fully saturated rings. The van der Waals surface area contributed by atoms with Crippen molar-refractivity contribution >= 4 is 17.1 Å². The summed E-state index contributed by atoms with van der Waals surface area (Å²) in [5.74, 6) is 0.599. The van der Waals surface area contributed by atoms with Crippen LogP contribution in [0.15, 0.2) is 54.9 Å². The van der Waals surface area contributed by atoms with Crippen molar-refractivity contribution in [3.8, 4) is 11.8 Å². The third-order valence-electron chi connectivity index (χ3n) is 5.72. The van der Waals surface area contributed by atoms with Crippen molar-refractivity contribution < 1.29 is 9.53 Å². The number of hydrogen-bond donors (Lipinski definition) is 1. The Morgan fingerprint density at radius 2 is 2.00 bits per heavy atom. The monoisotopic (exact) mass is 402 g/mol. The lowest BCUT2D eigenvalue weighted by Gasteiger charge is -2.36. The minimum absolute atomic E-state index is 0.0919. The number of nitrogens with zero attached hydrogens (tertiary/aromatic N) is 3. The third-order valence-corrected chi connectivity index (χ3v) is 5.72. The number of fused-ring (bicyclic) bond motifs is 2. The fraction of sp³-hybridized carbons (Fsp3) is 0.333. The molecule has 154 valence electrons. The maximum atomic E-state index is 12.9. The van der Waals surface area contributed by atoms with Crippen molar-refractivity contribution in [3.05, 3.63) is 66.0 Å². The highest BCUT2D eigenvalue weighted by atomic mass is 16.5. The Hall–Kier alpha value is -3.46. The third kappa shape index (κ3) is 3.71. The average Bonchev–Trinajstić information content (AvgIpc) is 3.14. The maximum Gasteiger partial charge on any atom is 0.263 e. The van der Waals surface area contributed by atoms with E-state index in [2.05, 4.69) is 30.1 Å². The van der Waals surface area contributed by atoms with Gasteiger partial charge in [-0.25, -0.2) is 0 Å². The number of rotatable bonds is 6. The van der Waals surface area contributed by atoms with E-state index in [4.69, 9.17) is 4.74 Å². The van der Waals surface area contributed by atoms with Gasteiger partial charge in [-0.2, -0.15) is 5.26 Å². The fourth-order valence-electron chi connectivity index (χ4n) is 4.01. The molecule has 0 aliphatic carbocycles. The highest BCUT2D eigenvalue weighted by Crippen LogP contribution is 2.35. The van der Waals surface area contributed by atoms with E-state index in [0.717, 1.165) is 29.6 Å². The summed E-state index contributed by atoms with van der Waals surface area (Å²) >= 11 is 0. The fourth-order valence-corrected chi connectivity index (χ4v) is 4.01. The lowest BCUT2D eigenvalue weighted by Crippen LogP contribution is -2.51. The van der Waals surface area contributed by atoms with Crippen LogP contribution in [0.2, 0.25) is 0 Å². The van der Waals surface area contributed by atoms with Gasteiger partial charge in [0.2, 0.25) is 0 Å². The molecular formula is C24H26N4O2. The van der Waals surface area contributed by atoms with E-state index in [1.54, 1.807) is 0 Å². The van der Waals surface area contributed by atoms with Crippen LogP contribution in [0.3, 0.4) is 0 Å². The van der Waals surface area contributed by atoms with Gasteiger partial charge in [0.1, 0.15) is 11.8 Å². The highest BCUT2D eigenvalue weighted by Gasteiger charge is 2.32. The number of para-hydroxylation sites is 2. The zero-order chi connectivity index (χ0) is 21.1. The first-order valence-corrected chi connectivity index (χ1v) is 10.4. The van der Waals surface area contributed by atoms with E-state index in [-0.39, 0.29) is 11.9 Å². The van der Waals surface area contributed by atoms with Crippen molar-refractivity contribution in [1.82, 2.24) is 9.72 Å². The summed E-state index contributed by atoms with van der Waals surface area (Å²) in [6.07, 6.45) is 5.11. The largest absolute Gasteiger partial charge is 0.477 e. The molecule has 3 heterocycles. The van der Waals surface area contributed by atoms with Crippen molar-refractivity contribution in [2.75, 3.05) is 11.4 Å². The Morgan fingerprint density at radius 1 is 1.23 bits per heavy atom. The summed E-state index contributed by atoms with van der Waals surface area (Å²) in [4.78, 5) is 15.0. The zero-order valence-corrected chi connectivity index (χ0v) is 17.3. The summed E-state index contributed by atoms with van der Waals surface area (Å²) in [7, 11) is 0. The lowest BCUT2D eigenvalue weighted by molar-refractivity contribution is -0.128. The summed E-state index contributed by atoms with van der Waals surface area (Å²) in [6, 6.07) is 16.1.